The molecule has 3 aromatic rings. The topological polar surface area (TPSA) is 126 Å². The number of aliphatic hydroxyl groups excluding tert-OH is 1. The molecule has 2 heterocycles. The molecule has 13 heteroatoms. The summed E-state index contributed by atoms with van der Waals surface area (Å²) in [6.45, 7) is 27.4. The van der Waals surface area contributed by atoms with Crippen LogP contribution in [0.5, 0.6) is 0 Å². The molecule has 0 radical (unpaired) electrons. The molecular formula is C42H65N7O4S2. The van der Waals surface area contributed by atoms with E-state index < -0.39 is 4.92 Å². The molecule has 11 nitrogen and oxygen atoms in total. The van der Waals surface area contributed by atoms with E-state index >= 15 is 0 Å². The van der Waals surface area contributed by atoms with Gasteiger partial charge in [0.25, 0.3) is 11.6 Å². The van der Waals surface area contributed by atoms with Crippen LogP contribution in [0.15, 0.2) is 108 Å². The zero-order chi connectivity index (χ0) is 41.0. The van der Waals surface area contributed by atoms with Crippen molar-refractivity contribution in [1.82, 2.24) is 19.8 Å². The fraction of sp³-hybridized carbons (Fsp3) is 0.452. The zero-order valence-electron chi connectivity index (χ0n) is 33.9. The minimum absolute atomic E-state index is 0.0216. The summed E-state index contributed by atoms with van der Waals surface area (Å²) in [6.07, 6.45) is 2.65. The fourth-order valence-corrected chi connectivity index (χ4v) is 7.24. The first-order valence-electron chi connectivity index (χ1n) is 19.0. The standard InChI is InChI=1S/C29H33N5O3S2.C8H18N2.C2H6.C2H4.CH4O/c1-22(2)21-32-15-17-33(18-16-32)24-10-8-23(9-11-24)29(35)31-39-26-12-13-27(28(20-26)34(36)37)30-14-19-38-25-6-4-3-5-7-25;1-3-10-6-4-8(9-2)5-7-10;3*1-2/h3-13,20,30H,1,14-19,21H2,2H3,(H,31,35);8-9H,3-7H2,1-2H3;1-2H3;1-2H2;2H,1H3. The zero-order valence-corrected chi connectivity index (χ0v) is 35.5. The predicted octanol–water partition coefficient (Wildman–Crippen LogP) is 8.06. The van der Waals surface area contributed by atoms with Crippen LogP contribution in [0.4, 0.5) is 17.1 Å². The Bertz CT molecular complexity index is 1490. The van der Waals surface area contributed by atoms with Crippen molar-refractivity contribution >= 4 is 46.7 Å². The summed E-state index contributed by atoms with van der Waals surface area (Å²) in [6, 6.07) is 23.3. The molecule has 2 fully saturated rings. The molecule has 0 spiro atoms. The molecule has 5 rings (SSSR count). The molecule has 2 saturated heterocycles. The van der Waals surface area contributed by atoms with E-state index in [9.17, 15) is 14.9 Å². The number of benzene rings is 3. The van der Waals surface area contributed by atoms with E-state index in [1.54, 1.807) is 23.9 Å². The molecule has 2 aliphatic heterocycles. The third-order valence-corrected chi connectivity index (χ3v) is 10.5. The van der Waals surface area contributed by atoms with Gasteiger partial charge < -0.3 is 25.5 Å². The number of nitrogens with one attached hydrogen (secondary N) is 3. The van der Waals surface area contributed by atoms with E-state index in [1.807, 2.05) is 68.4 Å². The van der Waals surface area contributed by atoms with Gasteiger partial charge in [0.1, 0.15) is 5.69 Å². The Hall–Kier alpha value is -3.85. The van der Waals surface area contributed by atoms with Crippen molar-refractivity contribution in [3.63, 3.8) is 0 Å². The molecule has 304 valence electrons. The van der Waals surface area contributed by atoms with Gasteiger partial charge in [0.05, 0.1) is 4.92 Å². The minimum atomic E-state index is -0.407. The number of carbonyl (C=O) groups excluding carboxylic acids is 1. The molecular weight excluding hydrogens is 731 g/mol. The summed E-state index contributed by atoms with van der Waals surface area (Å²) in [5, 5.41) is 25.1. The number of piperazine rings is 1. The first kappa shape index (κ1) is 49.2. The van der Waals surface area contributed by atoms with Crippen LogP contribution in [0.1, 0.15) is 50.9 Å². The Morgan fingerprint density at radius 1 is 0.909 bits per heavy atom. The van der Waals surface area contributed by atoms with Crippen LogP contribution in [-0.2, 0) is 0 Å². The van der Waals surface area contributed by atoms with Gasteiger partial charge in [0, 0.05) is 85.3 Å². The molecule has 4 N–H and O–H groups in total. The third-order valence-electron chi connectivity index (χ3n) is 8.66. The lowest BCUT2D eigenvalue weighted by Gasteiger charge is -2.36. The smallest absolute Gasteiger partial charge is 0.293 e. The first-order valence-corrected chi connectivity index (χ1v) is 20.8. The highest BCUT2D eigenvalue weighted by atomic mass is 32.2. The Kier molecular flexibility index (Phi) is 26.3. The highest BCUT2D eigenvalue weighted by Crippen LogP contribution is 2.30. The molecule has 2 aliphatic rings. The lowest BCUT2D eigenvalue weighted by atomic mass is 10.1. The number of thioether (sulfide) groups is 1. The van der Waals surface area contributed by atoms with Crippen molar-refractivity contribution in [2.75, 3.05) is 89.0 Å². The van der Waals surface area contributed by atoms with E-state index in [0.717, 1.165) is 74.2 Å². The van der Waals surface area contributed by atoms with E-state index in [0.29, 0.717) is 22.7 Å². The number of piperidine rings is 1. The SMILES string of the molecule is C=C.C=C(C)CN1CCN(c2ccc(C(=O)NSc3ccc(NCCSc4ccccc4)c([N+](=O)[O-])c3)cc2)CC1.CC.CCN1CCC(NC)CC1.CO. The van der Waals surface area contributed by atoms with E-state index in [-0.39, 0.29) is 11.6 Å². The second kappa shape index (κ2) is 29.4. The van der Waals surface area contributed by atoms with Crippen molar-refractivity contribution in [2.45, 2.75) is 56.4 Å². The van der Waals surface area contributed by atoms with Crippen LogP contribution in [0.25, 0.3) is 0 Å². The van der Waals surface area contributed by atoms with E-state index in [2.05, 4.69) is 70.7 Å². The van der Waals surface area contributed by atoms with Crippen molar-refractivity contribution in [3.05, 3.63) is 114 Å². The molecule has 0 atom stereocenters. The van der Waals surface area contributed by atoms with Gasteiger partial charge in [-0.1, -0.05) is 51.1 Å². The Morgan fingerprint density at radius 3 is 2.07 bits per heavy atom. The van der Waals surface area contributed by atoms with Gasteiger partial charge in [-0.25, -0.2) is 0 Å². The lowest BCUT2D eigenvalue weighted by molar-refractivity contribution is -0.384. The third kappa shape index (κ3) is 18.6. The Morgan fingerprint density at radius 2 is 1.53 bits per heavy atom. The summed E-state index contributed by atoms with van der Waals surface area (Å²) >= 11 is 2.75. The van der Waals surface area contributed by atoms with Crippen LogP contribution in [0, 0.1) is 10.1 Å². The molecule has 0 bridgehead atoms. The molecule has 3 aromatic carbocycles. The number of amides is 1. The minimum Gasteiger partial charge on any atom is -0.400 e. The average Bonchev–Trinajstić information content (AvgIpc) is 3.24. The van der Waals surface area contributed by atoms with Crippen LogP contribution in [-0.4, -0.2) is 111 Å². The average molecular weight is 796 g/mol. The fourth-order valence-electron chi connectivity index (χ4n) is 5.82. The number of hydrogen-bond acceptors (Lipinski definition) is 11. The summed E-state index contributed by atoms with van der Waals surface area (Å²) in [7, 11) is 3.06. The number of nitrogens with zero attached hydrogens (tertiary/aromatic N) is 4. The molecule has 0 aliphatic carbocycles. The molecule has 0 aromatic heterocycles. The highest BCUT2D eigenvalue weighted by Gasteiger charge is 2.19. The van der Waals surface area contributed by atoms with E-state index in [4.69, 9.17) is 5.11 Å². The van der Waals surface area contributed by atoms with Gasteiger partial charge in [-0.15, -0.1) is 24.9 Å². The van der Waals surface area contributed by atoms with Crippen LogP contribution in [0.2, 0.25) is 0 Å². The van der Waals surface area contributed by atoms with E-state index in [1.165, 1.54) is 44.1 Å². The molecule has 0 unspecified atom stereocenters. The van der Waals surface area contributed by atoms with Crippen molar-refractivity contribution in [2.24, 2.45) is 0 Å². The number of nitro benzene ring substituents is 1. The Labute approximate surface area is 339 Å². The van der Waals surface area contributed by atoms with Crippen LogP contribution in [0.3, 0.4) is 0 Å². The van der Waals surface area contributed by atoms with Gasteiger partial charge in [-0.3, -0.25) is 24.5 Å². The summed E-state index contributed by atoms with van der Waals surface area (Å²) in [5.41, 5.74) is 3.24. The maximum absolute atomic E-state index is 12.7. The van der Waals surface area contributed by atoms with Gasteiger partial charge >= 0.3 is 0 Å². The Balaban J connectivity index is 0.000000799. The largest absolute Gasteiger partial charge is 0.400 e. The number of carbonyl (C=O) groups is 1. The quantitative estimate of drug-likeness (QED) is 0.0316. The van der Waals surface area contributed by atoms with Gasteiger partial charge in [0.2, 0.25) is 0 Å². The van der Waals surface area contributed by atoms with Gasteiger partial charge in [-0.05, 0) is 107 Å². The summed E-state index contributed by atoms with van der Waals surface area (Å²) in [5.74, 6) is 0.526. The molecule has 55 heavy (non-hydrogen) atoms. The number of rotatable bonds is 14. The number of likely N-dealkylation sites (tertiary alicyclic amines) is 1. The maximum atomic E-state index is 12.7. The number of nitro groups is 1. The number of hydrogen-bond donors (Lipinski definition) is 4. The first-order chi connectivity index (χ1) is 26.7. The van der Waals surface area contributed by atoms with Gasteiger partial charge in [0.15, 0.2) is 0 Å². The summed E-state index contributed by atoms with van der Waals surface area (Å²) in [4.78, 5) is 32.9. The lowest BCUT2D eigenvalue weighted by Crippen LogP contribution is -2.46. The van der Waals surface area contributed by atoms with Crippen LogP contribution >= 0.6 is 23.7 Å². The van der Waals surface area contributed by atoms with Crippen molar-refractivity contribution in [1.29, 1.82) is 0 Å². The second-order valence-electron chi connectivity index (χ2n) is 12.3. The maximum Gasteiger partial charge on any atom is 0.293 e. The normalized spacial score (nSPS) is 14.2. The van der Waals surface area contributed by atoms with Gasteiger partial charge in [-0.2, -0.15) is 0 Å². The molecule has 1 amide bonds. The second-order valence-corrected chi connectivity index (χ2v) is 14.4. The monoisotopic (exact) mass is 795 g/mol. The molecule has 0 saturated carbocycles. The predicted molar refractivity (Wildman–Crippen MR) is 237 cm³/mol. The van der Waals surface area contributed by atoms with Crippen molar-refractivity contribution < 1.29 is 14.8 Å². The van der Waals surface area contributed by atoms with Crippen LogP contribution < -0.4 is 20.3 Å². The number of anilines is 2. The highest BCUT2D eigenvalue weighted by molar-refractivity contribution is 7.99. The summed E-state index contributed by atoms with van der Waals surface area (Å²) < 4.78 is 2.80. The van der Waals surface area contributed by atoms with Crippen molar-refractivity contribution in [3.8, 4) is 0 Å². The number of aliphatic hydroxyl groups is 1.